The van der Waals surface area contributed by atoms with Gasteiger partial charge in [0.15, 0.2) is 0 Å². The van der Waals surface area contributed by atoms with Crippen LogP contribution in [0, 0.1) is 5.82 Å². The van der Waals surface area contributed by atoms with E-state index in [1.807, 2.05) is 6.07 Å². The Morgan fingerprint density at radius 2 is 1.90 bits per heavy atom. The smallest absolute Gasteiger partial charge is 0.123 e. The molecule has 20 heavy (non-hydrogen) atoms. The van der Waals surface area contributed by atoms with E-state index in [1.165, 1.54) is 12.1 Å². The summed E-state index contributed by atoms with van der Waals surface area (Å²) in [6.45, 7) is 3.15. The molecule has 2 aliphatic rings. The van der Waals surface area contributed by atoms with Gasteiger partial charge in [0.05, 0.1) is 24.9 Å². The maximum atomic E-state index is 13.4. The van der Waals surface area contributed by atoms with Crippen LogP contribution in [0.5, 0.6) is 0 Å². The first-order valence-corrected chi connectivity index (χ1v) is 7.49. The van der Waals surface area contributed by atoms with Crippen LogP contribution < -0.4 is 0 Å². The average molecular weight is 279 g/mol. The molecule has 3 nitrogen and oxygen atoms in total. The Balaban J connectivity index is 1.89. The molecule has 1 aliphatic heterocycles. The van der Waals surface area contributed by atoms with Gasteiger partial charge < -0.3 is 9.84 Å². The van der Waals surface area contributed by atoms with Gasteiger partial charge in [-0.3, -0.25) is 4.90 Å². The molecule has 1 saturated carbocycles. The van der Waals surface area contributed by atoms with Gasteiger partial charge in [-0.25, -0.2) is 4.39 Å². The predicted octanol–water partition coefficient (Wildman–Crippen LogP) is 2.50. The second-order valence-electron chi connectivity index (χ2n) is 5.87. The van der Waals surface area contributed by atoms with Crippen LogP contribution in [0.4, 0.5) is 4.39 Å². The van der Waals surface area contributed by atoms with E-state index >= 15 is 0 Å². The summed E-state index contributed by atoms with van der Waals surface area (Å²) in [6, 6.07) is 6.39. The zero-order chi connectivity index (χ0) is 14.0. The highest BCUT2D eigenvalue weighted by Gasteiger charge is 2.46. The summed E-state index contributed by atoms with van der Waals surface area (Å²) in [6.07, 6.45) is 3.59. The first-order chi connectivity index (χ1) is 9.72. The average Bonchev–Trinajstić information content (AvgIpc) is 2.98. The molecule has 0 amide bonds. The summed E-state index contributed by atoms with van der Waals surface area (Å²) in [7, 11) is 0. The van der Waals surface area contributed by atoms with Crippen LogP contribution in [-0.4, -0.2) is 41.8 Å². The van der Waals surface area contributed by atoms with Crippen molar-refractivity contribution in [2.24, 2.45) is 0 Å². The minimum absolute atomic E-state index is 0.239. The fourth-order valence-electron chi connectivity index (χ4n) is 3.75. The number of hydrogen-bond donors (Lipinski definition) is 1. The van der Waals surface area contributed by atoms with E-state index in [2.05, 4.69) is 4.90 Å². The molecule has 1 unspecified atom stereocenters. The van der Waals surface area contributed by atoms with Crippen LogP contribution in [0.3, 0.4) is 0 Å². The van der Waals surface area contributed by atoms with E-state index in [9.17, 15) is 9.50 Å². The van der Waals surface area contributed by atoms with Crippen molar-refractivity contribution in [3.63, 3.8) is 0 Å². The van der Waals surface area contributed by atoms with Gasteiger partial charge in [0.1, 0.15) is 5.82 Å². The van der Waals surface area contributed by atoms with Crippen LogP contribution in [0.1, 0.15) is 37.4 Å². The van der Waals surface area contributed by atoms with Crippen molar-refractivity contribution in [2.45, 2.75) is 37.3 Å². The summed E-state index contributed by atoms with van der Waals surface area (Å²) in [4.78, 5) is 2.36. The van der Waals surface area contributed by atoms with Crippen molar-refractivity contribution < 1.29 is 14.2 Å². The molecule has 1 heterocycles. The molecular formula is C16H22FNO2. The van der Waals surface area contributed by atoms with Crippen molar-refractivity contribution >= 4 is 0 Å². The Bertz CT molecular complexity index is 454. The lowest BCUT2D eigenvalue weighted by Crippen LogP contribution is -2.55. The van der Waals surface area contributed by atoms with E-state index in [1.54, 1.807) is 6.07 Å². The molecule has 0 bridgehead atoms. The maximum absolute atomic E-state index is 13.4. The number of morpholine rings is 1. The topological polar surface area (TPSA) is 32.7 Å². The third kappa shape index (κ3) is 2.48. The van der Waals surface area contributed by atoms with Crippen molar-refractivity contribution in [3.05, 3.63) is 35.6 Å². The lowest BCUT2D eigenvalue weighted by Gasteiger charge is -2.46. The van der Waals surface area contributed by atoms with Gasteiger partial charge in [0.25, 0.3) is 0 Å². The number of halogens is 1. The standard InChI is InChI=1S/C16H22FNO2/c17-14-5-3-4-13(12-14)15(19)16(6-1-2-7-16)18-8-10-20-11-9-18/h3-5,12,15,19H,1-2,6-11H2. The van der Waals surface area contributed by atoms with E-state index in [0.29, 0.717) is 5.56 Å². The van der Waals surface area contributed by atoms with Gasteiger partial charge in [-0.15, -0.1) is 0 Å². The molecule has 1 N–H and O–H groups in total. The molecule has 2 fully saturated rings. The van der Waals surface area contributed by atoms with E-state index < -0.39 is 6.10 Å². The first-order valence-electron chi connectivity index (χ1n) is 7.49. The molecular weight excluding hydrogens is 257 g/mol. The zero-order valence-corrected chi connectivity index (χ0v) is 11.7. The number of nitrogens with zero attached hydrogens (tertiary/aromatic N) is 1. The van der Waals surface area contributed by atoms with E-state index in [0.717, 1.165) is 52.0 Å². The molecule has 1 aromatic rings. The molecule has 0 radical (unpaired) electrons. The zero-order valence-electron chi connectivity index (χ0n) is 11.7. The van der Waals surface area contributed by atoms with Crippen LogP contribution in [0.2, 0.25) is 0 Å². The van der Waals surface area contributed by atoms with Crippen LogP contribution in [0.15, 0.2) is 24.3 Å². The number of benzene rings is 1. The van der Waals surface area contributed by atoms with Crippen LogP contribution in [-0.2, 0) is 4.74 Å². The van der Waals surface area contributed by atoms with Gasteiger partial charge in [0.2, 0.25) is 0 Å². The van der Waals surface area contributed by atoms with Gasteiger partial charge in [-0.1, -0.05) is 25.0 Å². The van der Waals surface area contributed by atoms with Crippen molar-refractivity contribution in [1.29, 1.82) is 0 Å². The Kier molecular flexibility index (Phi) is 4.06. The largest absolute Gasteiger partial charge is 0.386 e. The fraction of sp³-hybridized carbons (Fsp3) is 0.625. The lowest BCUT2D eigenvalue weighted by atomic mass is 9.83. The number of aliphatic hydroxyl groups excluding tert-OH is 1. The second kappa shape index (κ2) is 5.80. The second-order valence-corrected chi connectivity index (χ2v) is 5.87. The van der Waals surface area contributed by atoms with Gasteiger partial charge in [0, 0.05) is 13.1 Å². The van der Waals surface area contributed by atoms with E-state index in [-0.39, 0.29) is 11.4 Å². The molecule has 110 valence electrons. The third-order valence-electron chi connectivity index (χ3n) is 4.78. The minimum atomic E-state index is -0.626. The summed E-state index contributed by atoms with van der Waals surface area (Å²) in [5.74, 6) is -0.281. The number of hydrogen-bond acceptors (Lipinski definition) is 3. The Labute approximate surface area is 119 Å². The van der Waals surface area contributed by atoms with Crippen LogP contribution >= 0.6 is 0 Å². The number of rotatable bonds is 3. The number of aliphatic hydroxyl groups is 1. The SMILES string of the molecule is OC(c1cccc(F)c1)C1(N2CCOCC2)CCCC1. The summed E-state index contributed by atoms with van der Waals surface area (Å²) in [5.41, 5.74) is 0.454. The molecule has 1 aromatic carbocycles. The molecule has 3 rings (SSSR count). The number of ether oxygens (including phenoxy) is 1. The Hall–Kier alpha value is -0.970. The molecule has 4 heteroatoms. The van der Waals surface area contributed by atoms with Crippen molar-refractivity contribution in [3.8, 4) is 0 Å². The van der Waals surface area contributed by atoms with Crippen LogP contribution in [0.25, 0.3) is 0 Å². The fourth-order valence-corrected chi connectivity index (χ4v) is 3.75. The first kappa shape index (κ1) is 14.0. The van der Waals surface area contributed by atoms with Crippen molar-refractivity contribution in [1.82, 2.24) is 4.90 Å². The van der Waals surface area contributed by atoms with Gasteiger partial charge in [-0.2, -0.15) is 0 Å². The Morgan fingerprint density at radius 1 is 1.20 bits per heavy atom. The molecule has 1 atom stereocenters. The predicted molar refractivity (Wildman–Crippen MR) is 75.0 cm³/mol. The lowest BCUT2D eigenvalue weighted by molar-refractivity contribution is -0.0775. The summed E-state index contributed by atoms with van der Waals surface area (Å²) >= 11 is 0. The maximum Gasteiger partial charge on any atom is 0.123 e. The molecule has 0 spiro atoms. The van der Waals surface area contributed by atoms with Gasteiger partial charge >= 0.3 is 0 Å². The highest BCUT2D eigenvalue weighted by Crippen LogP contribution is 2.44. The van der Waals surface area contributed by atoms with Gasteiger partial charge in [-0.05, 0) is 30.5 Å². The third-order valence-corrected chi connectivity index (χ3v) is 4.78. The highest BCUT2D eigenvalue weighted by molar-refractivity contribution is 5.23. The van der Waals surface area contributed by atoms with E-state index in [4.69, 9.17) is 4.74 Å². The molecule has 1 saturated heterocycles. The molecule has 0 aromatic heterocycles. The highest BCUT2D eigenvalue weighted by atomic mass is 19.1. The normalized spacial score (nSPS) is 24.7. The Morgan fingerprint density at radius 3 is 2.55 bits per heavy atom. The molecule has 1 aliphatic carbocycles. The minimum Gasteiger partial charge on any atom is -0.386 e. The summed E-state index contributed by atoms with van der Waals surface area (Å²) in [5, 5.41) is 10.9. The summed E-state index contributed by atoms with van der Waals surface area (Å²) < 4.78 is 18.9. The van der Waals surface area contributed by atoms with Crippen molar-refractivity contribution in [2.75, 3.05) is 26.3 Å². The monoisotopic (exact) mass is 279 g/mol. The quantitative estimate of drug-likeness (QED) is 0.923.